The number of urea groups is 1. The van der Waals surface area contributed by atoms with Crippen molar-refractivity contribution in [2.24, 2.45) is 7.05 Å². The lowest BCUT2D eigenvalue weighted by Gasteiger charge is -2.38. The summed E-state index contributed by atoms with van der Waals surface area (Å²) in [4.78, 5) is 21.7. The number of pyridine rings is 1. The Morgan fingerprint density at radius 3 is 2.67 bits per heavy atom. The van der Waals surface area contributed by atoms with Gasteiger partial charge in [0.2, 0.25) is 0 Å². The lowest BCUT2D eigenvalue weighted by Crippen LogP contribution is -2.50. The van der Waals surface area contributed by atoms with Gasteiger partial charge in [0.1, 0.15) is 0 Å². The lowest BCUT2D eigenvalue weighted by atomic mass is 10.0. The predicted octanol–water partition coefficient (Wildman–Crippen LogP) is 2.49. The maximum atomic E-state index is 13.2. The number of carbonyl (C=O) groups is 1. The van der Waals surface area contributed by atoms with Crippen molar-refractivity contribution in [1.82, 2.24) is 29.9 Å². The van der Waals surface area contributed by atoms with Gasteiger partial charge < -0.3 is 15.1 Å². The van der Waals surface area contributed by atoms with Crippen molar-refractivity contribution in [2.45, 2.75) is 45.3 Å². The molecule has 2 aromatic rings. The quantitative estimate of drug-likeness (QED) is 0.878. The van der Waals surface area contributed by atoms with E-state index in [0.29, 0.717) is 6.54 Å². The number of nitrogens with zero attached hydrogens (tertiary/aromatic N) is 5. The summed E-state index contributed by atoms with van der Waals surface area (Å²) in [5.41, 5.74) is 3.17. The van der Waals surface area contributed by atoms with Gasteiger partial charge in [0.05, 0.1) is 12.2 Å². The molecule has 7 nitrogen and oxygen atoms in total. The predicted molar refractivity (Wildman–Crippen MR) is 105 cm³/mol. The Morgan fingerprint density at radius 1 is 1.33 bits per heavy atom. The van der Waals surface area contributed by atoms with Gasteiger partial charge >= 0.3 is 6.03 Å². The minimum Gasteiger partial charge on any atom is -0.331 e. The van der Waals surface area contributed by atoms with E-state index in [4.69, 9.17) is 0 Å². The van der Waals surface area contributed by atoms with Crippen LogP contribution < -0.4 is 5.32 Å². The molecule has 1 aliphatic rings. The summed E-state index contributed by atoms with van der Waals surface area (Å²) >= 11 is 0. The molecule has 0 spiro atoms. The van der Waals surface area contributed by atoms with E-state index in [1.54, 1.807) is 6.20 Å². The van der Waals surface area contributed by atoms with Crippen molar-refractivity contribution in [3.8, 4) is 0 Å². The molecule has 1 aliphatic heterocycles. The van der Waals surface area contributed by atoms with Gasteiger partial charge in [-0.15, -0.1) is 0 Å². The molecule has 0 aliphatic carbocycles. The van der Waals surface area contributed by atoms with Gasteiger partial charge in [0.15, 0.2) is 0 Å². The van der Waals surface area contributed by atoms with Crippen molar-refractivity contribution in [2.75, 3.05) is 20.1 Å². The summed E-state index contributed by atoms with van der Waals surface area (Å²) in [7, 11) is 4.05. The number of aromatic nitrogens is 3. The maximum absolute atomic E-state index is 13.2. The fraction of sp³-hybridized carbons (Fsp3) is 0.550. The van der Waals surface area contributed by atoms with Gasteiger partial charge in [-0.1, -0.05) is 6.07 Å². The van der Waals surface area contributed by atoms with Crippen LogP contribution in [0.15, 0.2) is 30.7 Å². The zero-order chi connectivity index (χ0) is 19.4. The molecule has 27 heavy (non-hydrogen) atoms. The monoisotopic (exact) mass is 370 g/mol. The second kappa shape index (κ2) is 8.52. The summed E-state index contributed by atoms with van der Waals surface area (Å²) < 4.78 is 1.84. The number of hydrogen-bond acceptors (Lipinski definition) is 4. The van der Waals surface area contributed by atoms with Crippen LogP contribution in [0.25, 0.3) is 0 Å². The molecule has 2 amide bonds. The number of likely N-dealkylation sites (tertiary alicyclic amines) is 1. The number of rotatable bonds is 5. The molecule has 1 fully saturated rings. The molecule has 3 heterocycles. The van der Waals surface area contributed by atoms with Crippen molar-refractivity contribution >= 4 is 6.03 Å². The van der Waals surface area contributed by atoms with Crippen molar-refractivity contribution < 1.29 is 4.79 Å². The van der Waals surface area contributed by atoms with Crippen LogP contribution in [0.4, 0.5) is 4.79 Å². The second-order valence-corrected chi connectivity index (χ2v) is 7.50. The summed E-state index contributed by atoms with van der Waals surface area (Å²) in [5, 5.41) is 7.47. The first-order valence-corrected chi connectivity index (χ1v) is 9.58. The molecule has 0 bridgehead atoms. The Kier molecular flexibility index (Phi) is 6.11. The average Bonchev–Trinajstić information content (AvgIpc) is 3.00. The van der Waals surface area contributed by atoms with E-state index in [2.05, 4.69) is 27.3 Å². The molecule has 0 unspecified atom stereocenters. The smallest absolute Gasteiger partial charge is 0.318 e. The largest absolute Gasteiger partial charge is 0.331 e. The molecule has 1 saturated heterocycles. The Balaban J connectivity index is 1.74. The first kappa shape index (κ1) is 19.4. The maximum Gasteiger partial charge on any atom is 0.318 e. The van der Waals surface area contributed by atoms with Crippen LogP contribution in [-0.2, 0) is 13.6 Å². The van der Waals surface area contributed by atoms with E-state index in [-0.39, 0.29) is 18.1 Å². The molecular formula is C20H30N6O. The molecule has 0 saturated carbocycles. The van der Waals surface area contributed by atoms with Crippen LogP contribution in [0.1, 0.15) is 42.6 Å². The third-order valence-electron chi connectivity index (χ3n) is 5.55. The first-order chi connectivity index (χ1) is 13.0. The Bertz CT molecular complexity index is 751. The average molecular weight is 371 g/mol. The highest BCUT2D eigenvalue weighted by Gasteiger charge is 2.28. The van der Waals surface area contributed by atoms with Crippen LogP contribution in [-0.4, -0.2) is 56.8 Å². The highest BCUT2D eigenvalue weighted by atomic mass is 16.2. The second-order valence-electron chi connectivity index (χ2n) is 7.50. The minimum atomic E-state index is -0.0890. The molecule has 1 atom stereocenters. The molecule has 146 valence electrons. The number of piperidine rings is 1. The third-order valence-corrected chi connectivity index (χ3v) is 5.55. The van der Waals surface area contributed by atoms with Crippen molar-refractivity contribution in [3.63, 3.8) is 0 Å². The van der Waals surface area contributed by atoms with Crippen LogP contribution in [0, 0.1) is 6.92 Å². The first-order valence-electron chi connectivity index (χ1n) is 9.58. The van der Waals surface area contributed by atoms with Gasteiger partial charge in [0, 0.05) is 43.3 Å². The SMILES string of the molecule is Cc1c([C@@H](C)NC(=O)N(Cc2cccnc2)C2CCN(C)CC2)cnn1C. The number of aryl methyl sites for hydroxylation is 1. The molecule has 0 radical (unpaired) electrons. The molecule has 7 heteroatoms. The van der Waals surface area contributed by atoms with Gasteiger partial charge in [-0.25, -0.2) is 4.79 Å². The molecule has 3 rings (SSSR count). The highest BCUT2D eigenvalue weighted by Crippen LogP contribution is 2.21. The van der Waals surface area contributed by atoms with E-state index in [9.17, 15) is 4.79 Å². The van der Waals surface area contributed by atoms with E-state index in [1.807, 2.05) is 55.0 Å². The summed E-state index contributed by atoms with van der Waals surface area (Å²) in [6.45, 7) is 6.64. The van der Waals surface area contributed by atoms with Crippen LogP contribution in [0.2, 0.25) is 0 Å². The molecule has 0 aromatic carbocycles. The zero-order valence-electron chi connectivity index (χ0n) is 16.7. The Hall–Kier alpha value is -2.41. The Morgan fingerprint density at radius 2 is 2.07 bits per heavy atom. The van der Waals surface area contributed by atoms with E-state index < -0.39 is 0 Å². The van der Waals surface area contributed by atoms with Crippen LogP contribution >= 0.6 is 0 Å². The van der Waals surface area contributed by atoms with Gasteiger partial charge in [0.25, 0.3) is 0 Å². The topological polar surface area (TPSA) is 66.3 Å². The number of amides is 2. The lowest BCUT2D eigenvalue weighted by molar-refractivity contribution is 0.125. The number of hydrogen-bond donors (Lipinski definition) is 1. The summed E-state index contributed by atoms with van der Waals surface area (Å²) in [5.74, 6) is 0. The van der Waals surface area contributed by atoms with Crippen LogP contribution in [0.5, 0.6) is 0 Å². The zero-order valence-corrected chi connectivity index (χ0v) is 16.7. The van der Waals surface area contributed by atoms with Gasteiger partial charge in [-0.05, 0) is 58.5 Å². The number of nitrogens with one attached hydrogen (secondary N) is 1. The van der Waals surface area contributed by atoms with Gasteiger partial charge in [-0.2, -0.15) is 5.10 Å². The third kappa shape index (κ3) is 4.66. The Labute approximate surface area is 161 Å². The van der Waals surface area contributed by atoms with Crippen LogP contribution in [0.3, 0.4) is 0 Å². The molecule has 1 N–H and O–H groups in total. The van der Waals surface area contributed by atoms with E-state index in [0.717, 1.165) is 42.8 Å². The molecular weight excluding hydrogens is 340 g/mol. The molecule has 2 aromatic heterocycles. The fourth-order valence-corrected chi connectivity index (χ4v) is 3.65. The summed E-state index contributed by atoms with van der Waals surface area (Å²) in [6.07, 6.45) is 7.41. The fourth-order valence-electron chi connectivity index (χ4n) is 3.65. The van der Waals surface area contributed by atoms with Crippen molar-refractivity contribution in [3.05, 3.63) is 47.5 Å². The van der Waals surface area contributed by atoms with Crippen molar-refractivity contribution in [1.29, 1.82) is 0 Å². The van der Waals surface area contributed by atoms with E-state index in [1.165, 1.54) is 0 Å². The minimum absolute atomic E-state index is 0.0239. The van der Waals surface area contributed by atoms with Gasteiger partial charge in [-0.3, -0.25) is 9.67 Å². The summed E-state index contributed by atoms with van der Waals surface area (Å²) in [6, 6.07) is 4.07. The van der Waals surface area contributed by atoms with E-state index >= 15 is 0 Å². The highest BCUT2D eigenvalue weighted by molar-refractivity contribution is 5.75. The normalized spacial score (nSPS) is 16.9. The standard InChI is InChI=1S/C20H30N6O/c1-15(19-13-22-25(4)16(19)2)23-20(27)26(14-17-6-5-9-21-12-17)18-7-10-24(3)11-8-18/h5-6,9,12-13,15,18H,7-8,10-11,14H2,1-4H3,(H,23,27)/t15-/m1/s1. The number of carbonyl (C=O) groups excluding carboxylic acids is 1.